The summed E-state index contributed by atoms with van der Waals surface area (Å²) in [7, 11) is 0. The van der Waals surface area contributed by atoms with Gasteiger partial charge in [0.2, 0.25) is 0 Å². The molecule has 0 aliphatic heterocycles. The lowest BCUT2D eigenvalue weighted by molar-refractivity contribution is 0.618. The first-order valence-electron chi connectivity index (χ1n) is 3.75. The van der Waals surface area contributed by atoms with Gasteiger partial charge in [-0.3, -0.25) is 0 Å². The van der Waals surface area contributed by atoms with Gasteiger partial charge < -0.3 is 0 Å². The van der Waals surface area contributed by atoms with Gasteiger partial charge in [-0.25, -0.2) is 4.39 Å². The van der Waals surface area contributed by atoms with Crippen LogP contribution in [0.2, 0.25) is 5.02 Å². The monoisotopic (exact) mass is 284 g/mol. The van der Waals surface area contributed by atoms with Gasteiger partial charge >= 0.3 is 0 Å². The number of nitrogens with zero attached hydrogens (tertiary/aromatic N) is 2. The van der Waals surface area contributed by atoms with E-state index in [0.717, 1.165) is 6.08 Å². The molecule has 0 bridgehead atoms. The van der Waals surface area contributed by atoms with E-state index in [0.29, 0.717) is 0 Å². The number of allylic oxidation sites excluding steroid dienone is 1. The van der Waals surface area contributed by atoms with Crippen LogP contribution < -0.4 is 0 Å². The van der Waals surface area contributed by atoms with E-state index in [1.165, 1.54) is 12.1 Å². The smallest absolute Gasteiger partial charge is 0.146 e. The molecule has 0 unspecified atom stereocenters. The third-order valence-electron chi connectivity index (χ3n) is 1.61. The molecular formula is C10H3BrClFN2. The van der Waals surface area contributed by atoms with Crippen LogP contribution in [-0.2, 0) is 0 Å². The number of rotatable bonds is 1. The highest BCUT2D eigenvalue weighted by molar-refractivity contribution is 9.10. The molecule has 0 aliphatic rings. The van der Waals surface area contributed by atoms with Crippen LogP contribution in [0.1, 0.15) is 5.56 Å². The second-order valence-corrected chi connectivity index (χ2v) is 3.75. The van der Waals surface area contributed by atoms with Gasteiger partial charge in [-0.1, -0.05) is 17.7 Å². The molecule has 1 rings (SSSR count). The molecular weight excluding hydrogens is 282 g/mol. The summed E-state index contributed by atoms with van der Waals surface area (Å²) >= 11 is 8.61. The van der Waals surface area contributed by atoms with Gasteiger partial charge in [-0.2, -0.15) is 10.5 Å². The minimum absolute atomic E-state index is 0.119. The standard InChI is InChI=1S/C10H3BrClFN2/c11-9-8(12)2-1-7(10(9)13)3-6(4-14)5-15/h1-3H. The van der Waals surface area contributed by atoms with E-state index in [-0.39, 0.29) is 20.6 Å². The van der Waals surface area contributed by atoms with Gasteiger partial charge in [-0.05, 0) is 28.1 Å². The van der Waals surface area contributed by atoms with Gasteiger partial charge in [0.1, 0.15) is 23.5 Å². The predicted octanol–water partition coefficient (Wildman–Crippen LogP) is 3.67. The Hall–Kier alpha value is -1.36. The Morgan fingerprint density at radius 2 is 2.00 bits per heavy atom. The van der Waals surface area contributed by atoms with Crippen molar-refractivity contribution in [1.29, 1.82) is 10.5 Å². The molecule has 2 nitrogen and oxygen atoms in total. The summed E-state index contributed by atoms with van der Waals surface area (Å²) in [6.45, 7) is 0. The maximum atomic E-state index is 13.5. The highest BCUT2D eigenvalue weighted by atomic mass is 79.9. The van der Waals surface area contributed by atoms with E-state index >= 15 is 0 Å². The zero-order valence-electron chi connectivity index (χ0n) is 7.26. The molecule has 15 heavy (non-hydrogen) atoms. The molecule has 0 fully saturated rings. The average molecular weight is 286 g/mol. The molecule has 0 heterocycles. The molecule has 0 spiro atoms. The fourth-order valence-electron chi connectivity index (χ4n) is 0.897. The van der Waals surface area contributed by atoms with Crippen molar-refractivity contribution in [2.75, 3.05) is 0 Å². The summed E-state index contributed by atoms with van der Waals surface area (Å²) in [4.78, 5) is 0. The van der Waals surface area contributed by atoms with Gasteiger partial charge in [-0.15, -0.1) is 0 Å². The first kappa shape index (κ1) is 11.7. The van der Waals surface area contributed by atoms with Crippen molar-refractivity contribution in [2.45, 2.75) is 0 Å². The lowest BCUT2D eigenvalue weighted by atomic mass is 10.1. The van der Waals surface area contributed by atoms with Crippen LogP contribution >= 0.6 is 27.5 Å². The lowest BCUT2D eigenvalue weighted by Crippen LogP contribution is -1.86. The fraction of sp³-hybridized carbons (Fsp3) is 0. The number of halogens is 3. The molecule has 0 aliphatic carbocycles. The fourth-order valence-corrected chi connectivity index (χ4v) is 1.40. The molecule has 0 amide bonds. The summed E-state index contributed by atoms with van der Waals surface area (Å²) < 4.78 is 13.6. The van der Waals surface area contributed by atoms with Crippen LogP contribution in [0.25, 0.3) is 6.08 Å². The molecule has 0 saturated carbocycles. The van der Waals surface area contributed by atoms with Gasteiger partial charge in [0.25, 0.3) is 0 Å². The van der Waals surface area contributed by atoms with Gasteiger partial charge in [0.05, 0.1) is 9.50 Å². The molecule has 0 radical (unpaired) electrons. The Bertz CT molecular complexity index is 495. The van der Waals surface area contributed by atoms with Crippen molar-refractivity contribution >= 4 is 33.6 Å². The van der Waals surface area contributed by atoms with Crippen molar-refractivity contribution in [1.82, 2.24) is 0 Å². The van der Waals surface area contributed by atoms with Crippen molar-refractivity contribution in [3.05, 3.63) is 38.6 Å². The molecule has 74 valence electrons. The number of nitriles is 2. The molecule has 5 heteroatoms. The van der Waals surface area contributed by atoms with Crippen molar-refractivity contribution in [2.24, 2.45) is 0 Å². The van der Waals surface area contributed by atoms with E-state index in [4.69, 9.17) is 22.1 Å². The Morgan fingerprint density at radius 1 is 1.40 bits per heavy atom. The number of hydrogen-bond acceptors (Lipinski definition) is 2. The van der Waals surface area contributed by atoms with Crippen LogP contribution in [0.5, 0.6) is 0 Å². The van der Waals surface area contributed by atoms with E-state index < -0.39 is 5.82 Å². The molecule has 0 saturated heterocycles. The third kappa shape index (κ3) is 2.56. The van der Waals surface area contributed by atoms with Crippen LogP contribution in [0.4, 0.5) is 4.39 Å². The molecule has 0 aromatic heterocycles. The van der Waals surface area contributed by atoms with E-state index in [2.05, 4.69) is 15.9 Å². The van der Waals surface area contributed by atoms with Gasteiger partial charge in [0, 0.05) is 5.56 Å². The lowest BCUT2D eigenvalue weighted by Gasteiger charge is -2.01. The first-order valence-corrected chi connectivity index (χ1v) is 4.92. The number of hydrogen-bond donors (Lipinski definition) is 0. The highest BCUT2D eigenvalue weighted by Gasteiger charge is 2.08. The Balaban J connectivity index is 3.32. The van der Waals surface area contributed by atoms with E-state index in [9.17, 15) is 4.39 Å². The largest absolute Gasteiger partial charge is 0.205 e. The normalized spacial score (nSPS) is 8.87. The molecule has 0 N–H and O–H groups in total. The Morgan fingerprint density at radius 3 is 2.53 bits per heavy atom. The second kappa shape index (κ2) is 4.93. The third-order valence-corrected chi connectivity index (χ3v) is 2.92. The maximum absolute atomic E-state index is 13.5. The Labute approximate surface area is 99.3 Å². The zero-order chi connectivity index (χ0) is 11.4. The molecule has 1 aromatic carbocycles. The quantitative estimate of drug-likeness (QED) is 0.584. The predicted molar refractivity (Wildman–Crippen MR) is 58.3 cm³/mol. The van der Waals surface area contributed by atoms with E-state index in [1.54, 1.807) is 12.1 Å². The van der Waals surface area contributed by atoms with E-state index in [1.807, 2.05) is 0 Å². The zero-order valence-corrected chi connectivity index (χ0v) is 9.60. The Kier molecular flexibility index (Phi) is 3.85. The van der Waals surface area contributed by atoms with Crippen molar-refractivity contribution in [3.8, 4) is 12.1 Å². The summed E-state index contributed by atoms with van der Waals surface area (Å²) in [5, 5.41) is 17.2. The molecule has 0 atom stereocenters. The van der Waals surface area contributed by atoms with Crippen LogP contribution in [-0.4, -0.2) is 0 Å². The minimum Gasteiger partial charge on any atom is -0.205 e. The summed E-state index contributed by atoms with van der Waals surface area (Å²) in [5.74, 6) is -0.592. The van der Waals surface area contributed by atoms with Crippen LogP contribution in [0, 0.1) is 28.5 Å². The highest BCUT2D eigenvalue weighted by Crippen LogP contribution is 2.28. The van der Waals surface area contributed by atoms with Crippen LogP contribution in [0.15, 0.2) is 22.2 Å². The summed E-state index contributed by atoms with van der Waals surface area (Å²) in [5.41, 5.74) is -0.0208. The molecule has 1 aromatic rings. The average Bonchev–Trinajstić information content (AvgIpc) is 2.25. The first-order chi connectivity index (χ1) is 7.10. The SMILES string of the molecule is N#CC(C#N)=Cc1ccc(Cl)c(Br)c1F. The summed E-state index contributed by atoms with van der Waals surface area (Å²) in [6, 6.07) is 6.17. The topological polar surface area (TPSA) is 47.6 Å². The second-order valence-electron chi connectivity index (χ2n) is 2.55. The number of benzene rings is 1. The minimum atomic E-state index is -0.592. The van der Waals surface area contributed by atoms with Crippen LogP contribution in [0.3, 0.4) is 0 Å². The maximum Gasteiger partial charge on any atom is 0.146 e. The van der Waals surface area contributed by atoms with Crippen molar-refractivity contribution < 1.29 is 4.39 Å². The van der Waals surface area contributed by atoms with Crippen molar-refractivity contribution in [3.63, 3.8) is 0 Å². The summed E-state index contributed by atoms with van der Waals surface area (Å²) in [6.07, 6.45) is 1.16. The van der Waals surface area contributed by atoms with Gasteiger partial charge in [0.15, 0.2) is 0 Å².